The van der Waals surface area contributed by atoms with Crippen molar-refractivity contribution in [2.45, 2.75) is 13.8 Å². The molecule has 1 aliphatic heterocycles. The molecule has 1 heterocycles. The fraction of sp³-hybridized carbons (Fsp3) is 0.909. The molecule has 4 heteroatoms. The first kappa shape index (κ1) is 12.5. The van der Waals surface area contributed by atoms with Crippen LogP contribution in [0, 0.1) is 11.8 Å². The molecule has 1 saturated heterocycles. The highest BCUT2D eigenvalue weighted by Gasteiger charge is 2.28. The minimum Gasteiger partial charge on any atom is -0.382 e. The zero-order valence-electron chi connectivity index (χ0n) is 9.86. The Bertz CT molecular complexity index is 198. The zero-order valence-corrected chi connectivity index (χ0v) is 9.86. The zero-order chi connectivity index (χ0) is 11.3. The number of hydrogen-bond donors (Lipinski definition) is 0. The van der Waals surface area contributed by atoms with Gasteiger partial charge in [-0.05, 0) is 11.8 Å². The van der Waals surface area contributed by atoms with Crippen molar-refractivity contribution in [2.75, 3.05) is 40.0 Å². The van der Waals surface area contributed by atoms with Crippen molar-refractivity contribution >= 4 is 5.91 Å². The fourth-order valence-corrected chi connectivity index (χ4v) is 1.73. The van der Waals surface area contributed by atoms with E-state index in [9.17, 15) is 4.79 Å². The maximum atomic E-state index is 11.7. The van der Waals surface area contributed by atoms with Crippen LogP contribution in [0.1, 0.15) is 13.8 Å². The lowest BCUT2D eigenvalue weighted by atomic mass is 10.0. The summed E-state index contributed by atoms with van der Waals surface area (Å²) in [4.78, 5) is 13.6. The number of carbonyl (C=O) groups excluding carboxylic acids is 1. The standard InChI is InChI=1S/C11H21NO3/c1-9-6-12(7-10(9)2)11(13)8-15-5-4-14-3/h9-10H,4-8H2,1-3H3. The van der Waals surface area contributed by atoms with E-state index in [1.807, 2.05) is 4.90 Å². The lowest BCUT2D eigenvalue weighted by molar-refractivity contribution is -0.135. The first-order valence-corrected chi connectivity index (χ1v) is 5.49. The van der Waals surface area contributed by atoms with Crippen LogP contribution in [-0.4, -0.2) is 50.8 Å². The SMILES string of the molecule is COCCOCC(=O)N1CC(C)C(C)C1. The smallest absolute Gasteiger partial charge is 0.248 e. The second-order valence-electron chi connectivity index (χ2n) is 4.30. The number of hydrogen-bond acceptors (Lipinski definition) is 3. The number of likely N-dealkylation sites (tertiary alicyclic amines) is 1. The minimum atomic E-state index is 0.0994. The second-order valence-corrected chi connectivity index (χ2v) is 4.30. The molecule has 0 bridgehead atoms. The molecule has 2 atom stereocenters. The summed E-state index contributed by atoms with van der Waals surface area (Å²) < 4.78 is 10.0. The van der Waals surface area contributed by atoms with Crippen LogP contribution in [0.5, 0.6) is 0 Å². The molecule has 0 radical (unpaired) electrons. The largest absolute Gasteiger partial charge is 0.382 e. The Morgan fingerprint density at radius 1 is 1.27 bits per heavy atom. The van der Waals surface area contributed by atoms with Crippen molar-refractivity contribution in [2.24, 2.45) is 11.8 Å². The first-order valence-electron chi connectivity index (χ1n) is 5.49. The summed E-state index contributed by atoms with van der Waals surface area (Å²) in [6.07, 6.45) is 0. The van der Waals surface area contributed by atoms with Crippen molar-refractivity contribution in [3.8, 4) is 0 Å². The summed E-state index contributed by atoms with van der Waals surface area (Å²) in [6, 6.07) is 0. The summed E-state index contributed by atoms with van der Waals surface area (Å²) >= 11 is 0. The highest BCUT2D eigenvalue weighted by atomic mass is 16.5. The molecule has 0 aromatic rings. The minimum absolute atomic E-state index is 0.0994. The van der Waals surface area contributed by atoms with Gasteiger partial charge in [0.05, 0.1) is 13.2 Å². The molecule has 0 N–H and O–H groups in total. The van der Waals surface area contributed by atoms with Gasteiger partial charge in [-0.3, -0.25) is 4.79 Å². The van der Waals surface area contributed by atoms with Crippen LogP contribution in [0.15, 0.2) is 0 Å². The van der Waals surface area contributed by atoms with E-state index in [0.717, 1.165) is 13.1 Å². The molecular formula is C11H21NO3. The molecule has 4 nitrogen and oxygen atoms in total. The molecule has 0 aromatic carbocycles. The maximum Gasteiger partial charge on any atom is 0.248 e. The normalized spacial score (nSPS) is 25.9. The third-order valence-corrected chi connectivity index (χ3v) is 3.00. The Labute approximate surface area is 91.5 Å². The Hall–Kier alpha value is -0.610. The van der Waals surface area contributed by atoms with Crippen LogP contribution in [0.2, 0.25) is 0 Å². The van der Waals surface area contributed by atoms with Crippen molar-refractivity contribution in [1.29, 1.82) is 0 Å². The van der Waals surface area contributed by atoms with E-state index in [4.69, 9.17) is 9.47 Å². The fourth-order valence-electron chi connectivity index (χ4n) is 1.73. The van der Waals surface area contributed by atoms with Gasteiger partial charge in [-0.25, -0.2) is 0 Å². The van der Waals surface area contributed by atoms with Gasteiger partial charge in [0.1, 0.15) is 6.61 Å². The molecule has 1 fully saturated rings. The van der Waals surface area contributed by atoms with Crippen LogP contribution in [0.3, 0.4) is 0 Å². The molecule has 0 aromatic heterocycles. The van der Waals surface area contributed by atoms with Gasteiger partial charge >= 0.3 is 0 Å². The third-order valence-electron chi connectivity index (χ3n) is 3.00. The van der Waals surface area contributed by atoms with Crippen molar-refractivity contribution < 1.29 is 14.3 Å². The Kier molecular flexibility index (Phi) is 5.05. The van der Waals surface area contributed by atoms with Gasteiger partial charge in [0.25, 0.3) is 0 Å². The maximum absolute atomic E-state index is 11.7. The molecule has 0 saturated carbocycles. The predicted molar refractivity (Wildman–Crippen MR) is 57.6 cm³/mol. The summed E-state index contributed by atoms with van der Waals surface area (Å²) in [5.41, 5.74) is 0. The molecular weight excluding hydrogens is 194 g/mol. The number of carbonyl (C=O) groups is 1. The van der Waals surface area contributed by atoms with Gasteiger partial charge in [-0.1, -0.05) is 13.8 Å². The molecule has 88 valence electrons. The topological polar surface area (TPSA) is 38.8 Å². The predicted octanol–water partition coefficient (Wildman–Crippen LogP) is 0.764. The molecule has 15 heavy (non-hydrogen) atoms. The van der Waals surface area contributed by atoms with Gasteiger partial charge in [-0.2, -0.15) is 0 Å². The Morgan fingerprint density at radius 2 is 1.87 bits per heavy atom. The van der Waals surface area contributed by atoms with Gasteiger partial charge in [0.2, 0.25) is 5.91 Å². The number of methoxy groups -OCH3 is 1. The monoisotopic (exact) mass is 215 g/mol. The highest BCUT2D eigenvalue weighted by Crippen LogP contribution is 2.21. The average Bonchev–Trinajstić information content (AvgIpc) is 2.54. The first-order chi connectivity index (χ1) is 7.15. The van der Waals surface area contributed by atoms with Gasteiger partial charge < -0.3 is 14.4 Å². The number of rotatable bonds is 5. The van der Waals surface area contributed by atoms with Crippen molar-refractivity contribution in [3.05, 3.63) is 0 Å². The van der Waals surface area contributed by atoms with Crippen molar-refractivity contribution in [3.63, 3.8) is 0 Å². The van der Waals surface area contributed by atoms with Gasteiger partial charge in [-0.15, -0.1) is 0 Å². The van der Waals surface area contributed by atoms with E-state index >= 15 is 0 Å². The molecule has 1 amide bonds. The molecule has 0 aliphatic carbocycles. The lowest BCUT2D eigenvalue weighted by Crippen LogP contribution is -2.32. The highest BCUT2D eigenvalue weighted by molar-refractivity contribution is 5.77. The molecule has 0 spiro atoms. The average molecular weight is 215 g/mol. The van der Waals surface area contributed by atoms with Crippen molar-refractivity contribution in [1.82, 2.24) is 4.90 Å². The van der Waals surface area contributed by atoms with Crippen LogP contribution >= 0.6 is 0 Å². The molecule has 2 unspecified atom stereocenters. The van der Waals surface area contributed by atoms with Crippen LogP contribution in [0.4, 0.5) is 0 Å². The Morgan fingerprint density at radius 3 is 2.40 bits per heavy atom. The van der Waals surface area contributed by atoms with Crippen LogP contribution in [0.25, 0.3) is 0 Å². The third kappa shape index (κ3) is 3.80. The molecule has 1 aliphatic rings. The van der Waals surface area contributed by atoms with Crippen LogP contribution in [-0.2, 0) is 14.3 Å². The summed E-state index contributed by atoms with van der Waals surface area (Å²) in [7, 11) is 1.62. The van der Waals surface area contributed by atoms with Gasteiger partial charge in [0.15, 0.2) is 0 Å². The van der Waals surface area contributed by atoms with E-state index in [0.29, 0.717) is 25.0 Å². The summed E-state index contributed by atoms with van der Waals surface area (Å²) in [6.45, 7) is 7.32. The van der Waals surface area contributed by atoms with E-state index in [2.05, 4.69) is 13.8 Å². The number of ether oxygens (including phenoxy) is 2. The summed E-state index contributed by atoms with van der Waals surface area (Å²) in [5.74, 6) is 1.31. The van der Waals surface area contributed by atoms with Crippen LogP contribution < -0.4 is 0 Å². The number of amides is 1. The van der Waals surface area contributed by atoms with E-state index < -0.39 is 0 Å². The quantitative estimate of drug-likeness (QED) is 0.636. The van der Waals surface area contributed by atoms with Gasteiger partial charge in [0, 0.05) is 20.2 Å². The second kappa shape index (κ2) is 6.08. The van der Waals surface area contributed by atoms with E-state index in [1.165, 1.54) is 0 Å². The molecule has 1 rings (SSSR count). The van der Waals surface area contributed by atoms with E-state index in [-0.39, 0.29) is 12.5 Å². The Balaban J connectivity index is 2.18. The van der Waals surface area contributed by atoms with E-state index in [1.54, 1.807) is 7.11 Å². The summed E-state index contributed by atoms with van der Waals surface area (Å²) in [5, 5.41) is 0. The lowest BCUT2D eigenvalue weighted by Gasteiger charge is -2.15. The number of nitrogens with zero attached hydrogens (tertiary/aromatic N) is 1.